The van der Waals surface area contributed by atoms with Crippen LogP contribution in [0.1, 0.15) is 48.5 Å². The molecule has 0 saturated carbocycles. The molecule has 1 fully saturated rings. The lowest BCUT2D eigenvalue weighted by Crippen LogP contribution is -2.67. The first-order valence-electron chi connectivity index (χ1n) is 12.0. The lowest BCUT2D eigenvalue weighted by molar-refractivity contribution is -0.136. The molecule has 4 rings (SSSR count). The Morgan fingerprint density at radius 2 is 1.69 bits per heavy atom. The Bertz CT molecular complexity index is 1120. The molecule has 0 bridgehead atoms. The van der Waals surface area contributed by atoms with Crippen LogP contribution < -0.4 is 10.1 Å². The van der Waals surface area contributed by atoms with Gasteiger partial charge in [0.15, 0.2) is 0 Å². The molecular formula is C27H34N4O4. The van der Waals surface area contributed by atoms with Gasteiger partial charge in [0.25, 0.3) is 5.91 Å². The molecule has 1 spiro atoms. The summed E-state index contributed by atoms with van der Waals surface area (Å²) in [5.74, 6) is 0.0209. The fourth-order valence-corrected chi connectivity index (χ4v) is 5.64. The van der Waals surface area contributed by atoms with E-state index in [2.05, 4.69) is 5.32 Å². The first kappa shape index (κ1) is 24.6. The van der Waals surface area contributed by atoms with Crippen molar-refractivity contribution in [3.05, 3.63) is 59.7 Å². The minimum Gasteiger partial charge on any atom is -0.495 e. The number of carbonyl (C=O) groups is 3. The van der Waals surface area contributed by atoms with Crippen LogP contribution in [0, 0.1) is 0 Å². The third kappa shape index (κ3) is 4.22. The van der Waals surface area contributed by atoms with E-state index in [0.29, 0.717) is 42.9 Å². The van der Waals surface area contributed by atoms with E-state index in [-0.39, 0.29) is 23.9 Å². The van der Waals surface area contributed by atoms with E-state index in [9.17, 15) is 14.4 Å². The quantitative estimate of drug-likeness (QED) is 0.725. The summed E-state index contributed by atoms with van der Waals surface area (Å²) in [7, 11) is 5.07. The van der Waals surface area contributed by atoms with E-state index >= 15 is 0 Å². The molecule has 1 unspecified atom stereocenters. The molecule has 8 heteroatoms. The average molecular weight is 479 g/mol. The Morgan fingerprint density at radius 1 is 1.06 bits per heavy atom. The number of urea groups is 1. The molecule has 0 aliphatic carbocycles. The molecule has 4 amide bonds. The number of carbonyl (C=O) groups excluding carboxylic acids is 3. The molecule has 1 atom stereocenters. The van der Waals surface area contributed by atoms with Crippen LogP contribution in [-0.4, -0.2) is 78.4 Å². The molecule has 2 aliphatic heterocycles. The topological polar surface area (TPSA) is 82.2 Å². The Balaban J connectivity index is 1.66. The molecule has 2 aromatic carbocycles. The van der Waals surface area contributed by atoms with Crippen LogP contribution in [-0.2, 0) is 4.79 Å². The van der Waals surface area contributed by atoms with Crippen LogP contribution in [0.4, 0.5) is 10.5 Å². The Hall–Kier alpha value is -3.55. The third-order valence-corrected chi connectivity index (χ3v) is 7.21. The number of nitrogens with one attached hydrogen (secondary N) is 1. The summed E-state index contributed by atoms with van der Waals surface area (Å²) in [5.41, 5.74) is 1.26. The second-order valence-electron chi connectivity index (χ2n) is 9.74. The zero-order chi connectivity index (χ0) is 25.3. The van der Waals surface area contributed by atoms with Crippen molar-refractivity contribution in [1.82, 2.24) is 14.7 Å². The zero-order valence-electron chi connectivity index (χ0n) is 21.1. The lowest BCUT2D eigenvalue weighted by Gasteiger charge is -2.56. The molecule has 1 N–H and O–H groups in total. The summed E-state index contributed by atoms with van der Waals surface area (Å²) in [6, 6.07) is 14.4. The summed E-state index contributed by atoms with van der Waals surface area (Å²) in [6.45, 7) is 4.84. The molecule has 2 aromatic rings. The second kappa shape index (κ2) is 9.60. The highest BCUT2D eigenvalue weighted by molar-refractivity contribution is 6.02. The van der Waals surface area contributed by atoms with Crippen molar-refractivity contribution in [3.8, 4) is 5.75 Å². The second-order valence-corrected chi connectivity index (χ2v) is 9.74. The lowest BCUT2D eigenvalue weighted by atomic mass is 9.66. The summed E-state index contributed by atoms with van der Waals surface area (Å²) >= 11 is 0. The van der Waals surface area contributed by atoms with Crippen molar-refractivity contribution in [2.24, 2.45) is 0 Å². The number of methoxy groups -OCH3 is 1. The maximum absolute atomic E-state index is 13.7. The number of rotatable bonds is 4. The third-order valence-electron chi connectivity index (χ3n) is 7.21. The molecule has 35 heavy (non-hydrogen) atoms. The van der Waals surface area contributed by atoms with Gasteiger partial charge in [0.1, 0.15) is 5.75 Å². The van der Waals surface area contributed by atoms with E-state index in [1.54, 1.807) is 43.1 Å². The van der Waals surface area contributed by atoms with Crippen molar-refractivity contribution in [1.29, 1.82) is 0 Å². The first-order chi connectivity index (χ1) is 16.7. The highest BCUT2D eigenvalue weighted by atomic mass is 16.5. The highest BCUT2D eigenvalue weighted by Crippen LogP contribution is 2.48. The molecule has 0 radical (unpaired) electrons. The number of nitrogens with zero attached hydrogens (tertiary/aromatic N) is 3. The number of benzene rings is 2. The number of fused-ring (bicyclic) bond motifs is 1. The molecule has 1 saturated heterocycles. The highest BCUT2D eigenvalue weighted by Gasteiger charge is 2.56. The summed E-state index contributed by atoms with van der Waals surface area (Å²) in [4.78, 5) is 45.7. The number of ether oxygens (including phenoxy) is 1. The van der Waals surface area contributed by atoms with Crippen molar-refractivity contribution in [2.75, 3.05) is 39.6 Å². The van der Waals surface area contributed by atoms with E-state index < -0.39 is 11.5 Å². The van der Waals surface area contributed by atoms with Crippen LogP contribution in [0.15, 0.2) is 48.5 Å². The van der Waals surface area contributed by atoms with Gasteiger partial charge in [-0.1, -0.05) is 30.3 Å². The summed E-state index contributed by atoms with van der Waals surface area (Å²) in [5, 5.41) is 2.94. The van der Waals surface area contributed by atoms with Crippen molar-refractivity contribution >= 4 is 23.5 Å². The van der Waals surface area contributed by atoms with Gasteiger partial charge in [-0.15, -0.1) is 0 Å². The maximum atomic E-state index is 13.7. The van der Waals surface area contributed by atoms with Gasteiger partial charge in [0.05, 0.1) is 24.3 Å². The standard InChI is InChI=1S/C27H34N4O4/c1-18(2)31-24(32)20-11-7-6-10-19(20)23(25(33)29(3)4)27(31)14-16-30(17-15-27)26(34)28-21-12-8-9-13-22(21)35-5/h6-13,18,23H,14-17H2,1-5H3,(H,28,34). The van der Waals surface area contributed by atoms with Gasteiger partial charge in [-0.05, 0) is 50.5 Å². The van der Waals surface area contributed by atoms with Gasteiger partial charge in [-0.3, -0.25) is 9.59 Å². The van der Waals surface area contributed by atoms with Crippen LogP contribution in [0.25, 0.3) is 0 Å². The van der Waals surface area contributed by atoms with Crippen LogP contribution >= 0.6 is 0 Å². The summed E-state index contributed by atoms with van der Waals surface area (Å²) < 4.78 is 5.35. The molecule has 2 aliphatic rings. The first-order valence-corrected chi connectivity index (χ1v) is 12.0. The van der Waals surface area contributed by atoms with Gasteiger partial charge >= 0.3 is 6.03 Å². The fourth-order valence-electron chi connectivity index (χ4n) is 5.64. The fraction of sp³-hybridized carbons (Fsp3) is 0.444. The number of piperidine rings is 1. The smallest absolute Gasteiger partial charge is 0.321 e. The predicted molar refractivity (Wildman–Crippen MR) is 135 cm³/mol. The number of likely N-dealkylation sites (tertiary alicyclic amines) is 1. The minimum absolute atomic E-state index is 0.0254. The number of para-hydroxylation sites is 2. The average Bonchev–Trinajstić information content (AvgIpc) is 2.84. The SMILES string of the molecule is COc1ccccc1NC(=O)N1CCC2(CC1)C(C(=O)N(C)C)c1ccccc1C(=O)N2C(C)C. The van der Waals surface area contributed by atoms with Gasteiger partial charge < -0.3 is 24.8 Å². The number of anilines is 1. The zero-order valence-corrected chi connectivity index (χ0v) is 21.1. The summed E-state index contributed by atoms with van der Waals surface area (Å²) in [6.07, 6.45) is 1.02. The maximum Gasteiger partial charge on any atom is 0.321 e. The van der Waals surface area contributed by atoms with E-state index in [4.69, 9.17) is 4.74 Å². The Kier molecular flexibility index (Phi) is 6.74. The van der Waals surface area contributed by atoms with Gasteiger partial charge in [0, 0.05) is 38.8 Å². The largest absolute Gasteiger partial charge is 0.495 e. The number of amides is 4. The Labute approximate surface area is 206 Å². The molecule has 186 valence electrons. The Morgan fingerprint density at radius 3 is 2.31 bits per heavy atom. The van der Waals surface area contributed by atoms with Crippen LogP contribution in [0.2, 0.25) is 0 Å². The monoisotopic (exact) mass is 478 g/mol. The van der Waals surface area contributed by atoms with Gasteiger partial charge in [-0.2, -0.15) is 0 Å². The van der Waals surface area contributed by atoms with Gasteiger partial charge in [0.2, 0.25) is 5.91 Å². The van der Waals surface area contributed by atoms with Crippen molar-refractivity contribution in [3.63, 3.8) is 0 Å². The molecule has 2 heterocycles. The van der Waals surface area contributed by atoms with Gasteiger partial charge in [-0.25, -0.2) is 4.79 Å². The normalized spacial score (nSPS) is 18.9. The number of hydrogen-bond acceptors (Lipinski definition) is 4. The van der Waals surface area contributed by atoms with Crippen molar-refractivity contribution < 1.29 is 19.1 Å². The van der Waals surface area contributed by atoms with E-state index in [0.717, 1.165) is 5.56 Å². The van der Waals surface area contributed by atoms with Crippen molar-refractivity contribution in [2.45, 2.75) is 44.2 Å². The number of hydrogen-bond donors (Lipinski definition) is 1. The van der Waals surface area contributed by atoms with E-state index in [1.165, 1.54) is 0 Å². The van der Waals surface area contributed by atoms with Crippen LogP contribution in [0.5, 0.6) is 5.75 Å². The number of likely N-dealkylation sites (N-methyl/N-ethyl adjacent to an activating group) is 1. The molecule has 8 nitrogen and oxygen atoms in total. The minimum atomic E-state index is -0.706. The van der Waals surface area contributed by atoms with Crippen LogP contribution in [0.3, 0.4) is 0 Å². The molecular weight excluding hydrogens is 444 g/mol. The molecule has 0 aromatic heterocycles. The van der Waals surface area contributed by atoms with E-state index in [1.807, 2.05) is 55.1 Å². The predicted octanol–water partition coefficient (Wildman–Crippen LogP) is 3.80.